The Labute approximate surface area is 227 Å². The molecule has 6 heteroatoms. The maximum atomic E-state index is 7.85. The van der Waals surface area contributed by atoms with E-state index in [1.165, 1.54) is 14.0 Å². The van der Waals surface area contributed by atoms with Crippen molar-refractivity contribution in [3.05, 3.63) is 121 Å². The van der Waals surface area contributed by atoms with Crippen molar-refractivity contribution in [3.63, 3.8) is 0 Å². The molecule has 0 aromatic heterocycles. The van der Waals surface area contributed by atoms with E-state index in [0.717, 1.165) is 0 Å². The van der Waals surface area contributed by atoms with Gasteiger partial charge < -0.3 is 0 Å². The Kier molecular flexibility index (Phi) is 8.88. The van der Waals surface area contributed by atoms with Crippen molar-refractivity contribution in [1.29, 1.82) is 0 Å². The summed E-state index contributed by atoms with van der Waals surface area (Å²) in [6.07, 6.45) is -0.0558. The van der Waals surface area contributed by atoms with Crippen LogP contribution in [0, 0.1) is 0 Å². The minimum absolute atomic E-state index is 0.0558. The zero-order chi connectivity index (χ0) is 25.7. The summed E-state index contributed by atoms with van der Waals surface area (Å²) in [4.78, 5) is 0. The molecule has 36 heavy (non-hydrogen) atoms. The van der Waals surface area contributed by atoms with E-state index in [1.807, 2.05) is 13.8 Å². The Morgan fingerprint density at radius 2 is 0.889 bits per heavy atom. The first kappa shape index (κ1) is 27.6. The van der Waals surface area contributed by atoms with Crippen molar-refractivity contribution < 1.29 is 7.33 Å². The molecule has 4 aromatic carbocycles. The first-order valence-electron chi connectivity index (χ1n) is 12.2. The van der Waals surface area contributed by atoms with Crippen LogP contribution in [-0.4, -0.2) is 29.2 Å². The molecule has 0 fully saturated rings. The number of hydrogen-bond donors (Lipinski definition) is 0. The maximum absolute atomic E-state index is 7.85. The molecule has 0 bridgehead atoms. The van der Waals surface area contributed by atoms with Gasteiger partial charge in [-0.05, 0) is 0 Å². The van der Waals surface area contributed by atoms with E-state index in [1.54, 1.807) is 11.4 Å². The van der Waals surface area contributed by atoms with E-state index in [-0.39, 0.29) is 11.4 Å². The van der Waals surface area contributed by atoms with Crippen LogP contribution in [0.1, 0.15) is 27.7 Å². The van der Waals surface area contributed by atoms with E-state index >= 15 is 0 Å². The fourth-order valence-corrected chi connectivity index (χ4v) is 37.9. The summed E-state index contributed by atoms with van der Waals surface area (Å²) in [5.41, 5.74) is -2.84. The van der Waals surface area contributed by atoms with Crippen molar-refractivity contribution in [2.45, 2.75) is 39.0 Å². The van der Waals surface area contributed by atoms with Gasteiger partial charge in [0.25, 0.3) is 0 Å². The van der Waals surface area contributed by atoms with Gasteiger partial charge in [0.2, 0.25) is 0 Å². The number of hydrogen-bond acceptors (Lipinski definition) is 4. The van der Waals surface area contributed by atoms with Crippen LogP contribution in [0.2, 0.25) is 0 Å². The Bertz CT molecular complexity index is 1120. The summed E-state index contributed by atoms with van der Waals surface area (Å²) in [5.74, 6) is 0. The second-order valence-corrected chi connectivity index (χ2v) is 29.1. The standard InChI is InChI=1S/C6H15O2PS2.4C6H5.Sb/c1-5(2)8-9(7,10)11-6(3)4;4*1-2-4-6-5-3-1;/h5-6H,1-4H3,(H,7,10);4*1-5H;/q;;;;;+1/p-1. The van der Waals surface area contributed by atoms with Gasteiger partial charge in [-0.2, -0.15) is 0 Å². The van der Waals surface area contributed by atoms with Gasteiger partial charge in [0.15, 0.2) is 0 Å². The van der Waals surface area contributed by atoms with Crippen LogP contribution in [0.4, 0.5) is 0 Å². The molecule has 0 aliphatic rings. The Hall–Kier alpha value is -1.38. The van der Waals surface area contributed by atoms with E-state index in [9.17, 15) is 0 Å². The fourth-order valence-electron chi connectivity index (χ4n) is 4.71. The molecule has 188 valence electrons. The van der Waals surface area contributed by atoms with Gasteiger partial charge in [-0.3, -0.25) is 0 Å². The second-order valence-electron chi connectivity index (χ2n) is 9.22. The van der Waals surface area contributed by atoms with E-state index < -0.39 is 23.5 Å². The summed E-state index contributed by atoms with van der Waals surface area (Å²) in [6, 6.07) is 43.0. The molecule has 0 saturated carbocycles. The summed E-state index contributed by atoms with van der Waals surface area (Å²) in [5, 5.41) is 0.257. The molecule has 1 atom stereocenters. The van der Waals surface area contributed by atoms with Crippen molar-refractivity contribution in [2.24, 2.45) is 0 Å². The van der Waals surface area contributed by atoms with Crippen LogP contribution in [0.3, 0.4) is 0 Å². The molecular weight excluding hydrogens is 609 g/mol. The third kappa shape index (κ3) is 5.14. The second kappa shape index (κ2) is 11.6. The molecule has 0 spiro atoms. The molecule has 0 N–H and O–H groups in total. The Balaban J connectivity index is 2.26. The van der Waals surface area contributed by atoms with Gasteiger partial charge in [0.1, 0.15) is 0 Å². The van der Waals surface area contributed by atoms with Crippen LogP contribution in [-0.2, 0) is 19.1 Å². The first-order valence-corrected chi connectivity index (χ1v) is 22.5. The van der Waals surface area contributed by atoms with Gasteiger partial charge in [-0.25, -0.2) is 0 Å². The predicted octanol–water partition coefficient (Wildman–Crippen LogP) is 6.32. The Morgan fingerprint density at radius 3 is 1.14 bits per heavy atom. The monoisotopic (exact) mass is 642 g/mol. The molecule has 0 aliphatic carbocycles. The quantitative estimate of drug-likeness (QED) is 0.149. The zero-order valence-electron chi connectivity index (χ0n) is 21.2. The average molecular weight is 643 g/mol. The molecule has 4 rings (SSSR count). The summed E-state index contributed by atoms with van der Waals surface area (Å²) >= 11 is 3.04. The van der Waals surface area contributed by atoms with Crippen LogP contribution in [0.5, 0.6) is 0 Å². The molecule has 0 aliphatic heterocycles. The normalized spacial score (nSPS) is 14.8. The van der Waals surface area contributed by atoms with Crippen LogP contribution < -0.4 is 14.0 Å². The van der Waals surface area contributed by atoms with E-state index in [2.05, 4.69) is 135 Å². The SMILES string of the molecule is CC(C)OP(=S)([O][Sb]([c]1ccccc1)([c]1ccccc1)([c]1ccccc1)[c]1ccccc1)SC(C)C. The van der Waals surface area contributed by atoms with Crippen molar-refractivity contribution >= 4 is 60.7 Å². The topological polar surface area (TPSA) is 18.5 Å². The van der Waals surface area contributed by atoms with Gasteiger partial charge in [0.05, 0.1) is 0 Å². The number of rotatable bonds is 10. The predicted molar refractivity (Wildman–Crippen MR) is 164 cm³/mol. The molecule has 0 amide bonds. The molecule has 0 radical (unpaired) electrons. The summed E-state index contributed by atoms with van der Waals surface area (Å²) in [6.45, 7) is 8.42. The molecule has 0 heterocycles. The average Bonchev–Trinajstić information content (AvgIpc) is 2.88. The van der Waals surface area contributed by atoms with Crippen molar-refractivity contribution in [3.8, 4) is 0 Å². The summed E-state index contributed by atoms with van der Waals surface area (Å²) in [7, 11) is 0. The van der Waals surface area contributed by atoms with Crippen LogP contribution in [0.25, 0.3) is 0 Å². The zero-order valence-corrected chi connectivity index (χ0v) is 26.3. The third-order valence-electron chi connectivity index (χ3n) is 5.94. The van der Waals surface area contributed by atoms with Crippen LogP contribution >= 0.6 is 17.1 Å². The Morgan fingerprint density at radius 1 is 0.583 bits per heavy atom. The van der Waals surface area contributed by atoms with Crippen molar-refractivity contribution in [1.82, 2.24) is 0 Å². The van der Waals surface area contributed by atoms with E-state index in [0.29, 0.717) is 0 Å². The van der Waals surface area contributed by atoms with Gasteiger partial charge in [-0.15, -0.1) is 0 Å². The first-order chi connectivity index (χ1) is 17.3. The fraction of sp³-hybridized carbons (Fsp3) is 0.200. The summed E-state index contributed by atoms with van der Waals surface area (Å²) < 4.78 is 19.2. The molecular formula is C30H34O2PS2Sb. The third-order valence-corrected chi connectivity index (χ3v) is 33.0. The van der Waals surface area contributed by atoms with Gasteiger partial charge in [-0.1, -0.05) is 0 Å². The van der Waals surface area contributed by atoms with Gasteiger partial charge in [0, 0.05) is 0 Å². The molecule has 4 aromatic rings. The number of benzene rings is 4. The van der Waals surface area contributed by atoms with Crippen LogP contribution in [0.15, 0.2) is 121 Å². The van der Waals surface area contributed by atoms with E-state index in [4.69, 9.17) is 19.1 Å². The molecule has 1 unspecified atom stereocenters. The van der Waals surface area contributed by atoms with Gasteiger partial charge >= 0.3 is 228 Å². The molecule has 0 saturated heterocycles. The van der Waals surface area contributed by atoms with Crippen molar-refractivity contribution in [2.75, 3.05) is 0 Å². The molecule has 2 nitrogen and oxygen atoms in total. The minimum atomic E-state index is -5.08.